The summed E-state index contributed by atoms with van der Waals surface area (Å²) in [7, 11) is -3.85. The molecule has 0 aliphatic carbocycles. The molecular formula is C22H19N3O5S. The minimum Gasteiger partial charge on any atom is -0.366 e. The minimum atomic E-state index is -3.85. The number of ketones is 1. The molecule has 0 saturated heterocycles. The van der Waals surface area contributed by atoms with Gasteiger partial charge < -0.3 is 11.1 Å². The summed E-state index contributed by atoms with van der Waals surface area (Å²) in [6.07, 6.45) is 0. The lowest BCUT2D eigenvalue weighted by Gasteiger charge is -2.10. The molecule has 158 valence electrons. The first-order valence-corrected chi connectivity index (χ1v) is 10.6. The monoisotopic (exact) mass is 437 g/mol. The molecule has 8 nitrogen and oxygen atoms in total. The lowest BCUT2D eigenvalue weighted by atomic mass is 10.1. The van der Waals surface area contributed by atoms with Crippen LogP contribution in [0.2, 0.25) is 0 Å². The molecule has 3 aromatic rings. The second-order valence-corrected chi connectivity index (χ2v) is 8.34. The van der Waals surface area contributed by atoms with Crippen molar-refractivity contribution in [2.24, 2.45) is 5.73 Å². The van der Waals surface area contributed by atoms with E-state index in [4.69, 9.17) is 5.73 Å². The molecular weight excluding hydrogens is 418 g/mol. The van der Waals surface area contributed by atoms with Gasteiger partial charge in [-0.25, -0.2) is 8.42 Å². The van der Waals surface area contributed by atoms with Gasteiger partial charge in [-0.05, 0) is 67.6 Å². The number of primary amides is 1. The maximum absolute atomic E-state index is 12.5. The largest absolute Gasteiger partial charge is 0.366 e. The smallest absolute Gasteiger partial charge is 0.261 e. The number of Topliss-reactive ketones (excluding diaryl/α,β-unsaturated/α-hetero) is 1. The molecule has 0 saturated carbocycles. The molecule has 0 radical (unpaired) electrons. The standard InChI is InChI=1S/C22H19N3O5S/c1-14(26)15-6-12-20(13-7-15)31(29,30)25-19-10-4-17(5-11-19)22(28)24-18-8-2-16(3-9-18)21(23)27/h2-13,25H,1H3,(H2,23,27)(H,24,28). The molecule has 0 unspecified atom stereocenters. The van der Waals surface area contributed by atoms with Crippen molar-refractivity contribution in [3.63, 3.8) is 0 Å². The van der Waals surface area contributed by atoms with Crippen LogP contribution in [0.5, 0.6) is 0 Å². The number of nitrogens with two attached hydrogens (primary N) is 1. The third kappa shape index (κ3) is 5.34. The molecule has 0 aliphatic rings. The summed E-state index contributed by atoms with van der Waals surface area (Å²) < 4.78 is 27.4. The second-order valence-electron chi connectivity index (χ2n) is 6.66. The zero-order chi connectivity index (χ0) is 22.6. The summed E-state index contributed by atoms with van der Waals surface area (Å²) >= 11 is 0. The zero-order valence-corrected chi connectivity index (χ0v) is 17.3. The van der Waals surface area contributed by atoms with Gasteiger partial charge in [0.2, 0.25) is 5.91 Å². The van der Waals surface area contributed by atoms with Crippen LogP contribution in [-0.4, -0.2) is 26.0 Å². The van der Waals surface area contributed by atoms with Crippen LogP contribution in [-0.2, 0) is 10.0 Å². The highest BCUT2D eigenvalue weighted by Gasteiger charge is 2.15. The number of benzene rings is 3. The molecule has 0 aliphatic heterocycles. The van der Waals surface area contributed by atoms with E-state index in [2.05, 4.69) is 10.0 Å². The van der Waals surface area contributed by atoms with Gasteiger partial charge in [-0.3, -0.25) is 19.1 Å². The normalized spacial score (nSPS) is 10.9. The van der Waals surface area contributed by atoms with Crippen LogP contribution in [0, 0.1) is 0 Å². The van der Waals surface area contributed by atoms with E-state index in [1.165, 1.54) is 67.6 Å². The van der Waals surface area contributed by atoms with E-state index < -0.39 is 21.8 Å². The topological polar surface area (TPSA) is 135 Å². The number of carbonyl (C=O) groups excluding carboxylic acids is 3. The summed E-state index contributed by atoms with van der Waals surface area (Å²) in [6.45, 7) is 1.40. The third-order valence-corrected chi connectivity index (χ3v) is 5.79. The Hall–Kier alpha value is -3.98. The highest BCUT2D eigenvalue weighted by Crippen LogP contribution is 2.18. The molecule has 4 N–H and O–H groups in total. The van der Waals surface area contributed by atoms with Crippen LogP contribution in [0.1, 0.15) is 38.0 Å². The van der Waals surface area contributed by atoms with E-state index >= 15 is 0 Å². The van der Waals surface area contributed by atoms with Crippen molar-refractivity contribution in [2.45, 2.75) is 11.8 Å². The molecule has 0 atom stereocenters. The van der Waals surface area contributed by atoms with Crippen LogP contribution >= 0.6 is 0 Å². The number of hydrogen-bond acceptors (Lipinski definition) is 5. The van der Waals surface area contributed by atoms with Gasteiger partial charge in [0.25, 0.3) is 15.9 Å². The number of hydrogen-bond donors (Lipinski definition) is 3. The van der Waals surface area contributed by atoms with Crippen LogP contribution in [0.25, 0.3) is 0 Å². The first-order valence-electron chi connectivity index (χ1n) is 9.11. The first kappa shape index (κ1) is 21.7. The van der Waals surface area contributed by atoms with Crippen molar-refractivity contribution >= 4 is 39.0 Å². The van der Waals surface area contributed by atoms with Gasteiger partial charge in [0, 0.05) is 28.1 Å². The third-order valence-electron chi connectivity index (χ3n) is 4.40. The zero-order valence-electron chi connectivity index (χ0n) is 16.5. The van der Waals surface area contributed by atoms with Gasteiger partial charge in [0.05, 0.1) is 4.90 Å². The minimum absolute atomic E-state index is 0.0127. The summed E-state index contributed by atoms with van der Waals surface area (Å²) in [5, 5.41) is 2.68. The lowest BCUT2D eigenvalue weighted by Crippen LogP contribution is -2.15. The lowest BCUT2D eigenvalue weighted by molar-refractivity contribution is 0.0996. The van der Waals surface area contributed by atoms with E-state index in [0.29, 0.717) is 22.4 Å². The Bertz CT molecular complexity index is 1230. The molecule has 0 bridgehead atoms. The SMILES string of the molecule is CC(=O)c1ccc(S(=O)(=O)Nc2ccc(C(=O)Nc3ccc(C(N)=O)cc3)cc2)cc1. The number of anilines is 2. The Morgan fingerprint density at radius 1 is 0.710 bits per heavy atom. The molecule has 0 heterocycles. The van der Waals surface area contributed by atoms with Crippen LogP contribution in [0.4, 0.5) is 11.4 Å². The van der Waals surface area contributed by atoms with E-state index in [1.54, 1.807) is 12.1 Å². The second kappa shape index (κ2) is 8.80. The van der Waals surface area contributed by atoms with Crippen molar-refractivity contribution in [3.05, 3.63) is 89.5 Å². The molecule has 31 heavy (non-hydrogen) atoms. The number of rotatable bonds is 7. The predicted octanol–water partition coefficient (Wildman–Crippen LogP) is 3.04. The maximum atomic E-state index is 12.5. The van der Waals surface area contributed by atoms with Crippen LogP contribution in [0.15, 0.2) is 77.7 Å². The van der Waals surface area contributed by atoms with E-state index in [-0.39, 0.29) is 16.4 Å². The van der Waals surface area contributed by atoms with E-state index in [9.17, 15) is 22.8 Å². The first-order chi connectivity index (χ1) is 14.7. The van der Waals surface area contributed by atoms with Crippen molar-refractivity contribution in [1.82, 2.24) is 0 Å². The molecule has 2 amide bonds. The van der Waals surface area contributed by atoms with E-state index in [1.807, 2.05) is 0 Å². The van der Waals surface area contributed by atoms with Crippen molar-refractivity contribution in [2.75, 3.05) is 10.0 Å². The fourth-order valence-electron chi connectivity index (χ4n) is 2.69. The molecule has 9 heteroatoms. The molecule has 3 aromatic carbocycles. The Kier molecular flexibility index (Phi) is 6.17. The van der Waals surface area contributed by atoms with Crippen molar-refractivity contribution < 1.29 is 22.8 Å². The summed E-state index contributed by atoms with van der Waals surface area (Å²) in [6, 6.07) is 17.6. The van der Waals surface area contributed by atoms with Crippen molar-refractivity contribution in [1.29, 1.82) is 0 Å². The molecule has 0 spiro atoms. The Labute approximate surface area is 179 Å². The average molecular weight is 437 g/mol. The van der Waals surface area contributed by atoms with Crippen LogP contribution < -0.4 is 15.8 Å². The Balaban J connectivity index is 1.68. The maximum Gasteiger partial charge on any atom is 0.261 e. The molecule has 3 rings (SSSR count). The van der Waals surface area contributed by atoms with Gasteiger partial charge >= 0.3 is 0 Å². The Morgan fingerprint density at radius 3 is 1.71 bits per heavy atom. The predicted molar refractivity (Wildman–Crippen MR) is 117 cm³/mol. The number of nitrogens with one attached hydrogen (secondary N) is 2. The molecule has 0 fully saturated rings. The molecule has 0 aromatic heterocycles. The summed E-state index contributed by atoms with van der Waals surface area (Å²) in [5.74, 6) is -1.12. The van der Waals surface area contributed by atoms with Gasteiger partial charge in [-0.2, -0.15) is 0 Å². The van der Waals surface area contributed by atoms with Gasteiger partial charge in [0.1, 0.15) is 0 Å². The highest BCUT2D eigenvalue weighted by molar-refractivity contribution is 7.92. The number of carbonyl (C=O) groups is 3. The average Bonchev–Trinajstić information content (AvgIpc) is 2.74. The van der Waals surface area contributed by atoms with Gasteiger partial charge in [-0.15, -0.1) is 0 Å². The van der Waals surface area contributed by atoms with Crippen molar-refractivity contribution in [3.8, 4) is 0 Å². The number of amides is 2. The fourth-order valence-corrected chi connectivity index (χ4v) is 3.75. The fraction of sp³-hybridized carbons (Fsp3) is 0.0455. The number of sulfonamides is 1. The Morgan fingerprint density at radius 2 is 1.19 bits per heavy atom. The van der Waals surface area contributed by atoms with E-state index in [0.717, 1.165) is 0 Å². The highest BCUT2D eigenvalue weighted by atomic mass is 32.2. The summed E-state index contributed by atoms with van der Waals surface area (Å²) in [4.78, 5) is 34.8. The van der Waals surface area contributed by atoms with Crippen LogP contribution in [0.3, 0.4) is 0 Å². The quantitative estimate of drug-likeness (QED) is 0.488. The van der Waals surface area contributed by atoms with Gasteiger partial charge in [0.15, 0.2) is 5.78 Å². The van der Waals surface area contributed by atoms with Gasteiger partial charge in [-0.1, -0.05) is 12.1 Å². The summed E-state index contributed by atoms with van der Waals surface area (Å²) in [5.41, 5.74) is 6.99.